The lowest BCUT2D eigenvalue weighted by Gasteiger charge is -2.07. The molecule has 7 nitrogen and oxygen atoms in total. The Morgan fingerprint density at radius 1 is 1.29 bits per heavy atom. The molecule has 0 aliphatic heterocycles. The van der Waals surface area contributed by atoms with Gasteiger partial charge in [-0.25, -0.2) is 4.98 Å². The SMILES string of the molecule is COC(=O)CSc1n[nH]c(-c2ccc(OC)cc2OC)n1. The molecule has 0 saturated carbocycles. The molecule has 0 unspecified atom stereocenters. The Morgan fingerprint density at radius 3 is 2.76 bits per heavy atom. The highest BCUT2D eigenvalue weighted by Crippen LogP contribution is 2.31. The summed E-state index contributed by atoms with van der Waals surface area (Å²) < 4.78 is 15.0. The molecule has 0 spiro atoms. The van der Waals surface area contributed by atoms with Gasteiger partial charge in [0.1, 0.15) is 11.5 Å². The van der Waals surface area contributed by atoms with Gasteiger partial charge in [0.2, 0.25) is 5.16 Å². The first-order valence-electron chi connectivity index (χ1n) is 6.02. The zero-order valence-corrected chi connectivity index (χ0v) is 12.7. The van der Waals surface area contributed by atoms with Gasteiger partial charge in [-0.1, -0.05) is 11.8 Å². The first-order valence-corrected chi connectivity index (χ1v) is 7.01. The Bertz CT molecular complexity index is 630. The van der Waals surface area contributed by atoms with E-state index < -0.39 is 0 Å². The number of nitrogens with zero attached hydrogens (tertiary/aromatic N) is 2. The molecule has 1 heterocycles. The van der Waals surface area contributed by atoms with Crippen LogP contribution in [0, 0.1) is 0 Å². The summed E-state index contributed by atoms with van der Waals surface area (Å²) in [5, 5.41) is 7.34. The molecule has 0 radical (unpaired) electrons. The summed E-state index contributed by atoms with van der Waals surface area (Å²) in [6, 6.07) is 5.40. The quantitative estimate of drug-likeness (QED) is 0.642. The van der Waals surface area contributed by atoms with Crippen LogP contribution in [0.5, 0.6) is 11.5 Å². The number of aromatic amines is 1. The number of benzene rings is 1. The molecule has 1 N–H and O–H groups in total. The van der Waals surface area contributed by atoms with E-state index in [2.05, 4.69) is 19.9 Å². The van der Waals surface area contributed by atoms with Crippen molar-refractivity contribution in [2.45, 2.75) is 5.16 Å². The topological polar surface area (TPSA) is 86.3 Å². The van der Waals surface area contributed by atoms with Crippen molar-refractivity contribution in [1.82, 2.24) is 15.2 Å². The summed E-state index contributed by atoms with van der Waals surface area (Å²) in [5.41, 5.74) is 0.760. The van der Waals surface area contributed by atoms with Crippen LogP contribution in [0.15, 0.2) is 23.4 Å². The van der Waals surface area contributed by atoms with E-state index in [-0.39, 0.29) is 11.7 Å². The fourth-order valence-corrected chi connectivity index (χ4v) is 2.24. The van der Waals surface area contributed by atoms with Crippen molar-refractivity contribution in [3.63, 3.8) is 0 Å². The van der Waals surface area contributed by atoms with Crippen LogP contribution < -0.4 is 9.47 Å². The van der Waals surface area contributed by atoms with Crippen LogP contribution in [0.1, 0.15) is 0 Å². The number of thioether (sulfide) groups is 1. The molecule has 1 aromatic carbocycles. The molecule has 112 valence electrons. The number of H-pyrrole nitrogens is 1. The van der Waals surface area contributed by atoms with E-state index in [1.54, 1.807) is 20.3 Å². The Labute approximate surface area is 126 Å². The van der Waals surface area contributed by atoms with E-state index in [0.29, 0.717) is 22.5 Å². The van der Waals surface area contributed by atoms with E-state index in [9.17, 15) is 4.79 Å². The monoisotopic (exact) mass is 309 g/mol. The van der Waals surface area contributed by atoms with Gasteiger partial charge in [-0.05, 0) is 12.1 Å². The van der Waals surface area contributed by atoms with E-state index >= 15 is 0 Å². The minimum atomic E-state index is -0.326. The molecule has 0 bridgehead atoms. The van der Waals surface area contributed by atoms with Crippen LogP contribution >= 0.6 is 11.8 Å². The summed E-state index contributed by atoms with van der Waals surface area (Å²) in [7, 11) is 4.50. The molecular weight excluding hydrogens is 294 g/mol. The molecule has 0 fully saturated rings. The molecular formula is C13H15N3O4S. The Kier molecular flexibility index (Phi) is 5.04. The minimum absolute atomic E-state index is 0.160. The fraction of sp³-hybridized carbons (Fsp3) is 0.308. The summed E-state index contributed by atoms with van der Waals surface area (Å²) in [4.78, 5) is 15.4. The summed E-state index contributed by atoms with van der Waals surface area (Å²) >= 11 is 1.20. The summed E-state index contributed by atoms with van der Waals surface area (Å²) in [6.45, 7) is 0. The number of esters is 1. The third-order valence-electron chi connectivity index (χ3n) is 2.68. The van der Waals surface area contributed by atoms with Crippen molar-refractivity contribution < 1.29 is 19.0 Å². The van der Waals surface area contributed by atoms with Gasteiger partial charge in [0.05, 0.1) is 32.6 Å². The average Bonchev–Trinajstić information content (AvgIpc) is 3.00. The molecule has 2 rings (SSSR count). The van der Waals surface area contributed by atoms with Crippen molar-refractivity contribution in [3.8, 4) is 22.9 Å². The van der Waals surface area contributed by atoms with Crippen LogP contribution in [-0.2, 0) is 9.53 Å². The zero-order chi connectivity index (χ0) is 15.2. The number of carbonyl (C=O) groups excluding carboxylic acids is 1. The highest BCUT2D eigenvalue weighted by molar-refractivity contribution is 7.99. The van der Waals surface area contributed by atoms with E-state index in [0.717, 1.165) is 5.56 Å². The van der Waals surface area contributed by atoms with Crippen LogP contribution in [0.25, 0.3) is 11.4 Å². The molecule has 21 heavy (non-hydrogen) atoms. The van der Waals surface area contributed by atoms with Crippen LogP contribution in [-0.4, -0.2) is 48.2 Å². The average molecular weight is 309 g/mol. The second-order valence-electron chi connectivity index (χ2n) is 3.90. The van der Waals surface area contributed by atoms with Gasteiger partial charge in [0, 0.05) is 6.07 Å². The van der Waals surface area contributed by atoms with Crippen molar-refractivity contribution in [2.75, 3.05) is 27.1 Å². The van der Waals surface area contributed by atoms with Gasteiger partial charge in [-0.3, -0.25) is 9.89 Å². The van der Waals surface area contributed by atoms with Gasteiger partial charge < -0.3 is 14.2 Å². The second kappa shape index (κ2) is 6.98. The third-order valence-corrected chi connectivity index (χ3v) is 3.50. The second-order valence-corrected chi connectivity index (χ2v) is 4.84. The first-order chi connectivity index (χ1) is 10.2. The standard InChI is InChI=1S/C13H15N3O4S/c1-18-8-4-5-9(10(6-8)19-2)12-14-13(16-15-12)21-7-11(17)20-3/h4-6H,7H2,1-3H3,(H,14,15,16). The highest BCUT2D eigenvalue weighted by atomic mass is 32.2. The molecule has 0 atom stereocenters. The fourth-order valence-electron chi connectivity index (χ4n) is 1.61. The van der Waals surface area contributed by atoms with E-state index in [4.69, 9.17) is 9.47 Å². The molecule has 0 aliphatic carbocycles. The number of hydrogen-bond acceptors (Lipinski definition) is 7. The number of hydrogen-bond donors (Lipinski definition) is 1. The normalized spacial score (nSPS) is 10.2. The molecule has 0 aliphatic rings. The van der Waals surface area contributed by atoms with E-state index in [1.165, 1.54) is 18.9 Å². The summed E-state index contributed by atoms with van der Waals surface area (Å²) in [6.07, 6.45) is 0. The number of carbonyl (C=O) groups is 1. The van der Waals surface area contributed by atoms with Crippen LogP contribution in [0.2, 0.25) is 0 Å². The van der Waals surface area contributed by atoms with E-state index in [1.807, 2.05) is 12.1 Å². The zero-order valence-electron chi connectivity index (χ0n) is 11.9. The maximum atomic E-state index is 11.1. The number of ether oxygens (including phenoxy) is 3. The minimum Gasteiger partial charge on any atom is -0.497 e. The third kappa shape index (κ3) is 3.66. The van der Waals surface area contributed by atoms with Crippen molar-refractivity contribution >= 4 is 17.7 Å². The highest BCUT2D eigenvalue weighted by Gasteiger charge is 2.13. The van der Waals surface area contributed by atoms with Crippen molar-refractivity contribution in [3.05, 3.63) is 18.2 Å². The van der Waals surface area contributed by atoms with Crippen molar-refractivity contribution in [2.24, 2.45) is 0 Å². The molecule has 0 saturated heterocycles. The number of nitrogens with one attached hydrogen (secondary N) is 1. The predicted octanol–water partition coefficient (Wildman–Crippen LogP) is 1.75. The lowest BCUT2D eigenvalue weighted by atomic mass is 10.2. The van der Waals surface area contributed by atoms with Gasteiger partial charge in [0.15, 0.2) is 5.82 Å². The smallest absolute Gasteiger partial charge is 0.316 e. The van der Waals surface area contributed by atoms with Crippen LogP contribution in [0.4, 0.5) is 0 Å². The Morgan fingerprint density at radius 2 is 2.10 bits per heavy atom. The molecule has 2 aromatic rings. The Balaban J connectivity index is 2.19. The first kappa shape index (κ1) is 15.2. The van der Waals surface area contributed by atoms with Gasteiger partial charge >= 0.3 is 5.97 Å². The largest absolute Gasteiger partial charge is 0.497 e. The lowest BCUT2D eigenvalue weighted by molar-refractivity contribution is -0.137. The molecule has 0 amide bonds. The lowest BCUT2D eigenvalue weighted by Crippen LogP contribution is -2.03. The predicted molar refractivity (Wildman–Crippen MR) is 77.7 cm³/mol. The maximum Gasteiger partial charge on any atom is 0.316 e. The Hall–Kier alpha value is -2.22. The molecule has 8 heteroatoms. The van der Waals surface area contributed by atoms with Gasteiger partial charge in [-0.15, -0.1) is 5.10 Å². The number of rotatable bonds is 6. The van der Waals surface area contributed by atoms with Crippen LogP contribution in [0.3, 0.4) is 0 Å². The summed E-state index contributed by atoms with van der Waals surface area (Å²) in [5.74, 6) is 1.70. The van der Waals surface area contributed by atoms with Crippen molar-refractivity contribution in [1.29, 1.82) is 0 Å². The molecule has 1 aromatic heterocycles. The number of aromatic nitrogens is 3. The van der Waals surface area contributed by atoms with Gasteiger partial charge in [-0.2, -0.15) is 0 Å². The van der Waals surface area contributed by atoms with Gasteiger partial charge in [0.25, 0.3) is 0 Å². The maximum absolute atomic E-state index is 11.1. The number of methoxy groups -OCH3 is 3.